The molecule has 128 valence electrons. The van der Waals surface area contributed by atoms with Crippen LogP contribution < -0.4 is 4.90 Å². The van der Waals surface area contributed by atoms with Gasteiger partial charge in [0.15, 0.2) is 0 Å². The molecule has 2 aliphatic heterocycles. The van der Waals surface area contributed by atoms with E-state index >= 15 is 0 Å². The summed E-state index contributed by atoms with van der Waals surface area (Å²) in [6.45, 7) is 6.89. The topological polar surface area (TPSA) is 30.3 Å². The Kier molecular flexibility index (Phi) is 4.45. The lowest BCUT2D eigenvalue weighted by Crippen LogP contribution is -2.42. The predicted octanol–water partition coefficient (Wildman–Crippen LogP) is 5.03. The molecule has 0 spiro atoms. The fourth-order valence-corrected chi connectivity index (χ4v) is 5.06. The Labute approximate surface area is 154 Å². The number of rotatable bonds is 3. The summed E-state index contributed by atoms with van der Waals surface area (Å²) in [5, 5.41) is 9.34. The highest BCUT2D eigenvalue weighted by molar-refractivity contribution is 7.99. The van der Waals surface area contributed by atoms with E-state index in [1.807, 2.05) is 12.1 Å². The van der Waals surface area contributed by atoms with Gasteiger partial charge in [-0.05, 0) is 63.6 Å². The standard InChI is InChI=1S/C21H23N3S/c1-15-6-5-11-23(15)14-16(2)24-18-7-3-4-8-20(18)25-21-10-9-17(13-22)12-19(21)24/h3-4,7-10,12,15-16H,5-6,11,14H2,1-2H3. The molecule has 0 bridgehead atoms. The van der Waals surface area contributed by atoms with Gasteiger partial charge >= 0.3 is 0 Å². The highest BCUT2D eigenvalue weighted by Crippen LogP contribution is 2.49. The van der Waals surface area contributed by atoms with Gasteiger partial charge in [-0.1, -0.05) is 23.9 Å². The third-order valence-electron chi connectivity index (χ3n) is 5.32. The van der Waals surface area contributed by atoms with Crippen LogP contribution in [-0.2, 0) is 0 Å². The van der Waals surface area contributed by atoms with E-state index in [4.69, 9.17) is 0 Å². The molecule has 2 atom stereocenters. The molecule has 3 nitrogen and oxygen atoms in total. The predicted molar refractivity (Wildman–Crippen MR) is 104 cm³/mol. The lowest BCUT2D eigenvalue weighted by Gasteiger charge is -2.39. The van der Waals surface area contributed by atoms with E-state index in [9.17, 15) is 5.26 Å². The fourth-order valence-electron chi connectivity index (χ4n) is 4.01. The molecule has 4 rings (SSSR count). The number of nitrogens with zero attached hydrogens (tertiary/aromatic N) is 3. The van der Waals surface area contributed by atoms with Gasteiger partial charge in [-0.3, -0.25) is 4.90 Å². The van der Waals surface area contributed by atoms with Crippen LogP contribution in [0.3, 0.4) is 0 Å². The van der Waals surface area contributed by atoms with Gasteiger partial charge < -0.3 is 4.90 Å². The summed E-state index contributed by atoms with van der Waals surface area (Å²) >= 11 is 1.80. The quantitative estimate of drug-likeness (QED) is 0.777. The summed E-state index contributed by atoms with van der Waals surface area (Å²) in [5.41, 5.74) is 3.15. The van der Waals surface area contributed by atoms with Crippen molar-refractivity contribution in [2.24, 2.45) is 0 Å². The van der Waals surface area contributed by atoms with Crippen molar-refractivity contribution in [3.05, 3.63) is 48.0 Å². The maximum Gasteiger partial charge on any atom is 0.0992 e. The van der Waals surface area contributed by atoms with Crippen molar-refractivity contribution in [2.45, 2.75) is 48.6 Å². The molecular weight excluding hydrogens is 326 g/mol. The second-order valence-corrected chi connectivity index (χ2v) is 8.15. The van der Waals surface area contributed by atoms with Gasteiger partial charge in [0, 0.05) is 28.4 Å². The average Bonchev–Trinajstić information content (AvgIpc) is 3.03. The number of fused-ring (bicyclic) bond motifs is 2. The summed E-state index contributed by atoms with van der Waals surface area (Å²) in [4.78, 5) is 7.57. The van der Waals surface area contributed by atoms with Gasteiger partial charge in [-0.25, -0.2) is 0 Å². The molecule has 0 N–H and O–H groups in total. The van der Waals surface area contributed by atoms with Crippen LogP contribution >= 0.6 is 11.8 Å². The molecule has 2 aromatic rings. The molecule has 2 aliphatic rings. The molecular formula is C21H23N3S. The van der Waals surface area contributed by atoms with Gasteiger partial charge in [0.1, 0.15) is 0 Å². The van der Waals surface area contributed by atoms with Gasteiger partial charge in [0.05, 0.1) is 23.0 Å². The van der Waals surface area contributed by atoms with E-state index in [0.717, 1.165) is 12.1 Å². The minimum Gasteiger partial charge on any atom is -0.335 e. The number of benzene rings is 2. The average molecular weight is 350 g/mol. The van der Waals surface area contributed by atoms with Gasteiger partial charge in [0.25, 0.3) is 0 Å². The summed E-state index contributed by atoms with van der Waals surface area (Å²) in [5.74, 6) is 0. The third-order valence-corrected chi connectivity index (χ3v) is 6.45. The third kappa shape index (κ3) is 3.03. The van der Waals surface area contributed by atoms with Crippen molar-refractivity contribution in [2.75, 3.05) is 18.0 Å². The molecule has 4 heteroatoms. The van der Waals surface area contributed by atoms with Crippen molar-refractivity contribution in [1.29, 1.82) is 5.26 Å². The Morgan fingerprint density at radius 3 is 2.76 bits per heavy atom. The van der Waals surface area contributed by atoms with Crippen molar-refractivity contribution < 1.29 is 0 Å². The van der Waals surface area contributed by atoms with E-state index in [2.05, 4.69) is 60.0 Å². The maximum atomic E-state index is 9.34. The zero-order valence-corrected chi connectivity index (χ0v) is 15.6. The molecule has 25 heavy (non-hydrogen) atoms. The van der Waals surface area contributed by atoms with Crippen LogP contribution in [-0.4, -0.2) is 30.1 Å². The number of nitriles is 1. The smallest absolute Gasteiger partial charge is 0.0992 e. The van der Waals surface area contributed by atoms with Crippen molar-refractivity contribution >= 4 is 23.1 Å². The molecule has 2 heterocycles. The minimum atomic E-state index is 0.357. The molecule has 0 amide bonds. The molecule has 0 saturated carbocycles. The molecule has 0 aromatic heterocycles. The number of anilines is 2. The highest BCUT2D eigenvalue weighted by Gasteiger charge is 2.30. The second kappa shape index (κ2) is 6.74. The van der Waals surface area contributed by atoms with E-state index in [1.54, 1.807) is 11.8 Å². The van der Waals surface area contributed by atoms with Crippen LogP contribution in [0, 0.1) is 11.3 Å². The first-order valence-electron chi connectivity index (χ1n) is 9.01. The van der Waals surface area contributed by atoms with E-state index in [1.165, 1.54) is 40.6 Å². The first kappa shape index (κ1) is 16.5. The van der Waals surface area contributed by atoms with Crippen LogP contribution in [0.25, 0.3) is 0 Å². The fraction of sp³-hybridized carbons (Fsp3) is 0.381. The normalized spacial score (nSPS) is 20.7. The van der Waals surface area contributed by atoms with Crippen LogP contribution in [0.2, 0.25) is 0 Å². The summed E-state index contributed by atoms with van der Waals surface area (Å²) in [7, 11) is 0. The Balaban J connectivity index is 1.73. The number of para-hydroxylation sites is 1. The van der Waals surface area contributed by atoms with Crippen LogP contribution in [0.5, 0.6) is 0 Å². The molecule has 1 fully saturated rings. The molecule has 0 aliphatic carbocycles. The molecule has 1 saturated heterocycles. The monoisotopic (exact) mass is 349 g/mol. The Morgan fingerprint density at radius 2 is 2.00 bits per heavy atom. The molecule has 2 unspecified atom stereocenters. The van der Waals surface area contributed by atoms with Gasteiger partial charge in [-0.2, -0.15) is 5.26 Å². The number of likely N-dealkylation sites (tertiary alicyclic amines) is 1. The van der Waals surface area contributed by atoms with Crippen LogP contribution in [0.4, 0.5) is 11.4 Å². The van der Waals surface area contributed by atoms with Gasteiger partial charge in [0.2, 0.25) is 0 Å². The molecule has 2 aromatic carbocycles. The Morgan fingerprint density at radius 1 is 1.20 bits per heavy atom. The maximum absolute atomic E-state index is 9.34. The highest BCUT2D eigenvalue weighted by atomic mass is 32.2. The van der Waals surface area contributed by atoms with E-state index in [-0.39, 0.29) is 0 Å². The van der Waals surface area contributed by atoms with Crippen LogP contribution in [0.1, 0.15) is 32.3 Å². The van der Waals surface area contributed by atoms with Crippen LogP contribution in [0.15, 0.2) is 52.3 Å². The van der Waals surface area contributed by atoms with Gasteiger partial charge in [-0.15, -0.1) is 0 Å². The minimum absolute atomic E-state index is 0.357. The van der Waals surface area contributed by atoms with Crippen molar-refractivity contribution in [3.8, 4) is 6.07 Å². The number of hydrogen-bond acceptors (Lipinski definition) is 4. The summed E-state index contributed by atoms with van der Waals surface area (Å²) < 4.78 is 0. The van der Waals surface area contributed by atoms with E-state index < -0.39 is 0 Å². The lowest BCUT2D eigenvalue weighted by molar-refractivity contribution is 0.255. The first-order chi connectivity index (χ1) is 12.2. The lowest BCUT2D eigenvalue weighted by atomic mass is 10.1. The zero-order valence-electron chi connectivity index (χ0n) is 14.8. The number of hydrogen-bond donors (Lipinski definition) is 0. The SMILES string of the molecule is CC1CCCN1CC(C)N1c2ccccc2Sc2ccc(C#N)cc21. The zero-order chi connectivity index (χ0) is 17.4. The Bertz CT molecular complexity index is 826. The Hall–Kier alpha value is -1.96. The second-order valence-electron chi connectivity index (χ2n) is 7.07. The summed E-state index contributed by atoms with van der Waals surface area (Å²) in [6.07, 6.45) is 2.60. The molecule has 0 radical (unpaired) electrons. The van der Waals surface area contributed by atoms with E-state index in [0.29, 0.717) is 12.1 Å². The van der Waals surface area contributed by atoms with Crippen molar-refractivity contribution in [3.63, 3.8) is 0 Å². The summed E-state index contributed by atoms with van der Waals surface area (Å²) in [6, 6.07) is 18.0. The first-order valence-corrected chi connectivity index (χ1v) is 9.83. The largest absolute Gasteiger partial charge is 0.335 e. The van der Waals surface area contributed by atoms with Crippen molar-refractivity contribution in [1.82, 2.24) is 4.90 Å².